The van der Waals surface area contributed by atoms with Crippen LogP contribution < -0.4 is 15.8 Å². The minimum Gasteiger partial charge on any atom is -0.477 e. The normalized spacial score (nSPS) is 13.8. The standard InChI is InChI=1S/C13H19ClN2O2/c1-4-8(2)16-13(17)9(3)18-12-10(14)6-5-7-11(12)15/h5-9H,4,15H2,1-3H3,(H,16,17). The van der Waals surface area contributed by atoms with Crippen LogP contribution in [0.3, 0.4) is 0 Å². The third-order valence-electron chi connectivity index (χ3n) is 2.66. The van der Waals surface area contributed by atoms with Gasteiger partial charge in [0.15, 0.2) is 11.9 Å². The van der Waals surface area contributed by atoms with Gasteiger partial charge in [-0.2, -0.15) is 0 Å². The Bertz CT molecular complexity index is 403. The molecular formula is C13H19ClN2O2. The largest absolute Gasteiger partial charge is 0.477 e. The van der Waals surface area contributed by atoms with Crippen molar-refractivity contribution >= 4 is 23.2 Å². The van der Waals surface area contributed by atoms with E-state index in [-0.39, 0.29) is 11.9 Å². The topological polar surface area (TPSA) is 64.3 Å². The molecule has 3 N–H and O–H groups in total. The average Bonchev–Trinajstić information content (AvgIpc) is 2.33. The van der Waals surface area contributed by atoms with Gasteiger partial charge in [-0.3, -0.25) is 4.79 Å². The van der Waals surface area contributed by atoms with Gasteiger partial charge in [-0.15, -0.1) is 0 Å². The summed E-state index contributed by atoms with van der Waals surface area (Å²) in [4.78, 5) is 11.8. The lowest BCUT2D eigenvalue weighted by Gasteiger charge is -2.19. The third-order valence-corrected chi connectivity index (χ3v) is 2.96. The molecule has 2 atom stereocenters. The van der Waals surface area contributed by atoms with Crippen molar-refractivity contribution in [1.82, 2.24) is 5.32 Å². The zero-order valence-corrected chi connectivity index (χ0v) is 11.6. The fourth-order valence-electron chi connectivity index (χ4n) is 1.34. The van der Waals surface area contributed by atoms with Gasteiger partial charge in [-0.25, -0.2) is 0 Å². The van der Waals surface area contributed by atoms with Crippen molar-refractivity contribution in [2.24, 2.45) is 0 Å². The van der Waals surface area contributed by atoms with Crippen LogP contribution in [0.5, 0.6) is 5.75 Å². The van der Waals surface area contributed by atoms with E-state index in [4.69, 9.17) is 22.1 Å². The molecule has 0 aliphatic carbocycles. The minimum atomic E-state index is -0.638. The molecule has 1 aromatic rings. The van der Waals surface area contributed by atoms with E-state index in [0.29, 0.717) is 16.5 Å². The zero-order chi connectivity index (χ0) is 13.7. The molecule has 0 saturated carbocycles. The number of ether oxygens (including phenoxy) is 1. The summed E-state index contributed by atoms with van der Waals surface area (Å²) < 4.78 is 5.51. The summed E-state index contributed by atoms with van der Waals surface area (Å²) >= 11 is 5.97. The predicted octanol–water partition coefficient (Wildman–Crippen LogP) is 2.60. The van der Waals surface area contributed by atoms with Crippen LogP contribution in [-0.2, 0) is 4.79 Å². The van der Waals surface area contributed by atoms with E-state index < -0.39 is 6.10 Å². The highest BCUT2D eigenvalue weighted by atomic mass is 35.5. The predicted molar refractivity (Wildman–Crippen MR) is 73.9 cm³/mol. The van der Waals surface area contributed by atoms with Crippen LogP contribution in [0.1, 0.15) is 27.2 Å². The summed E-state index contributed by atoms with van der Waals surface area (Å²) in [5.74, 6) is 0.176. The maximum atomic E-state index is 11.8. The lowest BCUT2D eigenvalue weighted by molar-refractivity contribution is -0.127. The second-order valence-electron chi connectivity index (χ2n) is 4.24. The summed E-state index contributed by atoms with van der Waals surface area (Å²) in [5.41, 5.74) is 6.18. The van der Waals surface area contributed by atoms with Gasteiger partial charge in [-0.1, -0.05) is 24.6 Å². The quantitative estimate of drug-likeness (QED) is 0.809. The fourth-order valence-corrected chi connectivity index (χ4v) is 1.57. The first-order valence-corrected chi connectivity index (χ1v) is 6.34. The minimum absolute atomic E-state index is 0.118. The highest BCUT2D eigenvalue weighted by Crippen LogP contribution is 2.31. The number of carbonyl (C=O) groups excluding carboxylic acids is 1. The van der Waals surface area contributed by atoms with E-state index >= 15 is 0 Å². The molecule has 5 heteroatoms. The number of rotatable bonds is 5. The Morgan fingerprint density at radius 1 is 1.50 bits per heavy atom. The van der Waals surface area contributed by atoms with Crippen molar-refractivity contribution in [3.8, 4) is 5.75 Å². The Balaban J connectivity index is 2.70. The SMILES string of the molecule is CCC(C)NC(=O)C(C)Oc1c(N)cccc1Cl. The van der Waals surface area contributed by atoms with Gasteiger partial charge in [-0.05, 0) is 32.4 Å². The summed E-state index contributed by atoms with van der Waals surface area (Å²) in [6.45, 7) is 5.61. The van der Waals surface area contributed by atoms with Crippen molar-refractivity contribution < 1.29 is 9.53 Å². The molecule has 18 heavy (non-hydrogen) atoms. The maximum absolute atomic E-state index is 11.8. The fraction of sp³-hybridized carbons (Fsp3) is 0.462. The van der Waals surface area contributed by atoms with Gasteiger partial charge in [0, 0.05) is 6.04 Å². The van der Waals surface area contributed by atoms with E-state index in [1.807, 2.05) is 13.8 Å². The van der Waals surface area contributed by atoms with Crippen LogP contribution in [-0.4, -0.2) is 18.1 Å². The number of nitrogen functional groups attached to an aromatic ring is 1. The molecule has 4 nitrogen and oxygen atoms in total. The molecule has 100 valence electrons. The lowest BCUT2D eigenvalue weighted by atomic mass is 10.2. The highest BCUT2D eigenvalue weighted by molar-refractivity contribution is 6.32. The van der Waals surface area contributed by atoms with Gasteiger partial charge in [0.2, 0.25) is 0 Å². The average molecular weight is 271 g/mol. The molecule has 1 amide bonds. The van der Waals surface area contributed by atoms with Crippen molar-refractivity contribution in [3.63, 3.8) is 0 Å². The summed E-state index contributed by atoms with van der Waals surface area (Å²) in [6.07, 6.45) is 0.230. The highest BCUT2D eigenvalue weighted by Gasteiger charge is 2.18. The number of nitrogens with two attached hydrogens (primary N) is 1. The third kappa shape index (κ3) is 3.81. The summed E-state index contributed by atoms with van der Waals surface area (Å²) in [5, 5.41) is 3.24. The second kappa shape index (κ2) is 6.50. The molecule has 0 spiro atoms. The van der Waals surface area contributed by atoms with Crippen LogP contribution in [0.2, 0.25) is 5.02 Å². The van der Waals surface area contributed by atoms with Gasteiger partial charge in [0.25, 0.3) is 5.91 Å². The lowest BCUT2D eigenvalue weighted by Crippen LogP contribution is -2.41. The molecule has 0 aromatic heterocycles. The maximum Gasteiger partial charge on any atom is 0.260 e. The van der Waals surface area contributed by atoms with Gasteiger partial charge in [0.1, 0.15) is 0 Å². The number of nitrogens with one attached hydrogen (secondary N) is 1. The molecule has 0 fully saturated rings. The van der Waals surface area contributed by atoms with E-state index in [2.05, 4.69) is 5.32 Å². The van der Waals surface area contributed by atoms with Crippen molar-refractivity contribution in [2.45, 2.75) is 39.3 Å². The van der Waals surface area contributed by atoms with Crippen LogP contribution in [0.15, 0.2) is 18.2 Å². The number of anilines is 1. The first kappa shape index (κ1) is 14.6. The van der Waals surface area contributed by atoms with E-state index in [0.717, 1.165) is 6.42 Å². The molecule has 1 rings (SSSR count). The summed E-state index contributed by atoms with van der Waals surface area (Å²) in [6, 6.07) is 5.20. The van der Waals surface area contributed by atoms with Gasteiger partial charge >= 0.3 is 0 Å². The number of para-hydroxylation sites is 1. The Morgan fingerprint density at radius 2 is 2.17 bits per heavy atom. The Morgan fingerprint density at radius 3 is 2.72 bits per heavy atom. The molecule has 0 radical (unpaired) electrons. The molecule has 0 bridgehead atoms. The monoisotopic (exact) mass is 270 g/mol. The number of amides is 1. The zero-order valence-electron chi connectivity index (χ0n) is 10.9. The van der Waals surface area contributed by atoms with Crippen LogP contribution in [0.25, 0.3) is 0 Å². The van der Waals surface area contributed by atoms with Gasteiger partial charge in [0.05, 0.1) is 10.7 Å². The number of benzene rings is 1. The molecule has 1 aromatic carbocycles. The van der Waals surface area contributed by atoms with Crippen LogP contribution in [0.4, 0.5) is 5.69 Å². The van der Waals surface area contributed by atoms with Crippen molar-refractivity contribution in [2.75, 3.05) is 5.73 Å². The Labute approximate surface area is 112 Å². The Hall–Kier alpha value is -1.42. The van der Waals surface area contributed by atoms with Crippen LogP contribution >= 0.6 is 11.6 Å². The number of halogens is 1. The number of hydrogen-bond acceptors (Lipinski definition) is 3. The first-order chi connectivity index (χ1) is 8.45. The second-order valence-corrected chi connectivity index (χ2v) is 4.64. The van der Waals surface area contributed by atoms with Crippen molar-refractivity contribution in [1.29, 1.82) is 0 Å². The Kier molecular flexibility index (Phi) is 5.28. The molecule has 0 saturated heterocycles. The number of hydrogen-bond donors (Lipinski definition) is 2. The first-order valence-electron chi connectivity index (χ1n) is 5.96. The van der Waals surface area contributed by atoms with Crippen LogP contribution in [0, 0.1) is 0 Å². The molecular weight excluding hydrogens is 252 g/mol. The molecule has 0 heterocycles. The van der Waals surface area contributed by atoms with E-state index in [1.54, 1.807) is 25.1 Å². The smallest absolute Gasteiger partial charge is 0.260 e. The van der Waals surface area contributed by atoms with E-state index in [9.17, 15) is 4.79 Å². The molecule has 0 aliphatic heterocycles. The molecule has 2 unspecified atom stereocenters. The molecule has 0 aliphatic rings. The van der Waals surface area contributed by atoms with Gasteiger partial charge < -0.3 is 15.8 Å². The summed E-state index contributed by atoms with van der Waals surface area (Å²) in [7, 11) is 0. The van der Waals surface area contributed by atoms with E-state index in [1.165, 1.54) is 0 Å². The number of carbonyl (C=O) groups is 1. The van der Waals surface area contributed by atoms with Crippen molar-refractivity contribution in [3.05, 3.63) is 23.2 Å².